The molecule has 0 radical (unpaired) electrons. The Labute approximate surface area is 153 Å². The first kappa shape index (κ1) is 16.5. The third-order valence-electron chi connectivity index (χ3n) is 4.98. The van der Waals surface area contributed by atoms with Gasteiger partial charge in [0.1, 0.15) is 5.82 Å². The van der Waals surface area contributed by atoms with Crippen LogP contribution in [0, 0.1) is 6.92 Å². The molecule has 0 unspecified atom stereocenters. The summed E-state index contributed by atoms with van der Waals surface area (Å²) in [7, 11) is 1.64. The van der Waals surface area contributed by atoms with Crippen LogP contribution in [0.3, 0.4) is 0 Å². The summed E-state index contributed by atoms with van der Waals surface area (Å²) in [6.45, 7) is 2.08. The third kappa shape index (κ3) is 3.12. The molecule has 1 aliphatic carbocycles. The lowest BCUT2D eigenvalue weighted by molar-refractivity contribution is 0.272. The highest BCUT2D eigenvalue weighted by Crippen LogP contribution is 2.43. The average molecular weight is 346 g/mol. The summed E-state index contributed by atoms with van der Waals surface area (Å²) in [5.41, 5.74) is 3.98. The van der Waals surface area contributed by atoms with Gasteiger partial charge in [0, 0.05) is 11.6 Å². The Morgan fingerprint density at radius 2 is 1.85 bits per heavy atom. The normalized spacial score (nSPS) is 15.2. The molecule has 4 rings (SSSR count). The minimum atomic E-state index is -0.186. The van der Waals surface area contributed by atoms with Crippen LogP contribution in [0.5, 0.6) is 5.88 Å². The highest BCUT2D eigenvalue weighted by molar-refractivity contribution is 5.60. The van der Waals surface area contributed by atoms with E-state index in [0.29, 0.717) is 5.88 Å². The first-order valence-corrected chi connectivity index (χ1v) is 8.89. The fraction of sp³-hybridized carbons (Fsp3) is 0.286. The first-order valence-electron chi connectivity index (χ1n) is 8.89. The van der Waals surface area contributed by atoms with Crippen molar-refractivity contribution in [3.63, 3.8) is 0 Å². The number of nitrogens with zero attached hydrogens (tertiary/aromatic N) is 3. The number of pyridine rings is 1. The number of rotatable bonds is 5. The van der Waals surface area contributed by atoms with E-state index in [-0.39, 0.29) is 5.54 Å². The van der Waals surface area contributed by atoms with E-state index >= 15 is 0 Å². The molecule has 2 aromatic heterocycles. The first-order chi connectivity index (χ1) is 12.7. The third-order valence-corrected chi connectivity index (χ3v) is 4.98. The van der Waals surface area contributed by atoms with Crippen LogP contribution < -0.4 is 10.1 Å². The van der Waals surface area contributed by atoms with Crippen LogP contribution in [-0.2, 0) is 5.54 Å². The molecule has 1 N–H and O–H groups in total. The molecule has 2 heterocycles. The Hall–Kier alpha value is -2.95. The van der Waals surface area contributed by atoms with Crippen molar-refractivity contribution in [1.82, 2.24) is 15.2 Å². The second kappa shape index (κ2) is 6.75. The summed E-state index contributed by atoms with van der Waals surface area (Å²) in [6, 6.07) is 18.2. The van der Waals surface area contributed by atoms with Crippen molar-refractivity contribution in [2.45, 2.75) is 31.7 Å². The number of benzene rings is 1. The maximum Gasteiger partial charge on any atom is 0.213 e. The molecule has 3 aromatic rings. The van der Waals surface area contributed by atoms with E-state index in [1.807, 2.05) is 36.4 Å². The Morgan fingerprint density at radius 3 is 2.50 bits per heavy atom. The van der Waals surface area contributed by atoms with E-state index < -0.39 is 0 Å². The molecule has 26 heavy (non-hydrogen) atoms. The zero-order valence-corrected chi connectivity index (χ0v) is 15.1. The van der Waals surface area contributed by atoms with Gasteiger partial charge in [-0.2, -0.15) is 0 Å². The molecule has 0 aliphatic heterocycles. The lowest BCUT2D eigenvalue weighted by atomic mass is 9.74. The monoisotopic (exact) mass is 346 g/mol. The highest BCUT2D eigenvalue weighted by Gasteiger charge is 2.40. The van der Waals surface area contributed by atoms with Gasteiger partial charge in [-0.05, 0) is 50.5 Å². The summed E-state index contributed by atoms with van der Waals surface area (Å²) in [5, 5.41) is 12.4. The highest BCUT2D eigenvalue weighted by atomic mass is 16.5. The average Bonchev–Trinajstić information content (AvgIpc) is 2.65. The minimum absolute atomic E-state index is 0.186. The smallest absolute Gasteiger partial charge is 0.213 e. The van der Waals surface area contributed by atoms with Gasteiger partial charge >= 0.3 is 0 Å². The zero-order chi connectivity index (χ0) is 18.0. The Kier molecular flexibility index (Phi) is 4.29. The predicted molar refractivity (Wildman–Crippen MR) is 102 cm³/mol. The fourth-order valence-electron chi connectivity index (χ4n) is 3.37. The molecule has 1 saturated carbocycles. The lowest BCUT2D eigenvalue weighted by Gasteiger charge is -2.42. The van der Waals surface area contributed by atoms with E-state index in [0.717, 1.165) is 35.6 Å². The van der Waals surface area contributed by atoms with E-state index in [9.17, 15) is 0 Å². The molecule has 132 valence electrons. The van der Waals surface area contributed by atoms with Gasteiger partial charge in [0.25, 0.3) is 0 Å². The van der Waals surface area contributed by atoms with Crippen LogP contribution >= 0.6 is 0 Å². The summed E-state index contributed by atoms with van der Waals surface area (Å²) in [5.74, 6) is 1.40. The fourth-order valence-corrected chi connectivity index (χ4v) is 3.37. The quantitative estimate of drug-likeness (QED) is 0.744. The molecule has 1 aliphatic rings. The van der Waals surface area contributed by atoms with Crippen LogP contribution in [0.4, 0.5) is 5.82 Å². The molecular formula is C21H22N4O. The zero-order valence-electron chi connectivity index (χ0n) is 15.1. The van der Waals surface area contributed by atoms with Crippen LogP contribution in [-0.4, -0.2) is 22.3 Å². The second-order valence-electron chi connectivity index (χ2n) is 6.80. The van der Waals surface area contributed by atoms with Gasteiger partial charge < -0.3 is 10.1 Å². The van der Waals surface area contributed by atoms with Crippen molar-refractivity contribution in [3.05, 3.63) is 65.9 Å². The number of anilines is 1. The predicted octanol–water partition coefficient (Wildman–Crippen LogP) is 4.35. The molecule has 0 saturated heterocycles. The summed E-state index contributed by atoms with van der Waals surface area (Å²) in [4.78, 5) is 4.62. The lowest BCUT2D eigenvalue weighted by Crippen LogP contribution is -2.43. The Balaban J connectivity index is 1.57. The van der Waals surface area contributed by atoms with Gasteiger partial charge in [0.05, 0.1) is 24.0 Å². The van der Waals surface area contributed by atoms with Gasteiger partial charge in [-0.15, -0.1) is 10.2 Å². The van der Waals surface area contributed by atoms with Crippen molar-refractivity contribution in [2.75, 3.05) is 12.4 Å². The Morgan fingerprint density at radius 1 is 1.00 bits per heavy atom. The van der Waals surface area contributed by atoms with Gasteiger partial charge in [-0.25, -0.2) is 4.98 Å². The number of nitrogens with one attached hydrogen (secondary N) is 1. The van der Waals surface area contributed by atoms with Crippen LogP contribution in [0.1, 0.15) is 30.5 Å². The number of ether oxygens (including phenoxy) is 1. The van der Waals surface area contributed by atoms with Gasteiger partial charge in [-0.1, -0.05) is 29.8 Å². The van der Waals surface area contributed by atoms with Crippen molar-refractivity contribution < 1.29 is 4.74 Å². The summed E-state index contributed by atoms with van der Waals surface area (Å²) in [6.07, 6.45) is 3.21. The van der Waals surface area contributed by atoms with Gasteiger partial charge in [0.2, 0.25) is 5.88 Å². The molecule has 5 nitrogen and oxygen atoms in total. The molecule has 0 bridgehead atoms. The minimum Gasteiger partial charge on any atom is -0.481 e. The van der Waals surface area contributed by atoms with Crippen LogP contribution in [0.25, 0.3) is 11.3 Å². The van der Waals surface area contributed by atoms with Crippen molar-refractivity contribution in [2.24, 2.45) is 0 Å². The van der Waals surface area contributed by atoms with E-state index in [1.165, 1.54) is 12.0 Å². The number of hydrogen-bond donors (Lipinski definition) is 1. The summed E-state index contributed by atoms with van der Waals surface area (Å²) >= 11 is 0. The molecule has 1 fully saturated rings. The molecule has 0 spiro atoms. The van der Waals surface area contributed by atoms with Crippen LogP contribution in [0.15, 0.2) is 54.6 Å². The van der Waals surface area contributed by atoms with Crippen molar-refractivity contribution >= 4 is 5.82 Å². The summed E-state index contributed by atoms with van der Waals surface area (Å²) < 4.78 is 5.28. The number of aryl methyl sites for hydroxylation is 1. The van der Waals surface area contributed by atoms with E-state index in [2.05, 4.69) is 45.6 Å². The van der Waals surface area contributed by atoms with E-state index in [4.69, 9.17) is 4.74 Å². The van der Waals surface area contributed by atoms with Crippen LogP contribution in [0.2, 0.25) is 0 Å². The molecule has 1 aromatic carbocycles. The van der Waals surface area contributed by atoms with E-state index in [1.54, 1.807) is 7.11 Å². The largest absolute Gasteiger partial charge is 0.481 e. The number of hydrogen-bond acceptors (Lipinski definition) is 5. The Bertz CT molecular complexity index is 904. The maximum absolute atomic E-state index is 5.28. The molecule has 5 heteroatoms. The topological polar surface area (TPSA) is 59.9 Å². The van der Waals surface area contributed by atoms with Crippen molar-refractivity contribution in [1.29, 1.82) is 0 Å². The van der Waals surface area contributed by atoms with Gasteiger partial charge in [0.15, 0.2) is 0 Å². The van der Waals surface area contributed by atoms with Gasteiger partial charge in [-0.3, -0.25) is 0 Å². The number of methoxy groups -OCH3 is 1. The second-order valence-corrected chi connectivity index (χ2v) is 6.80. The number of aromatic nitrogens is 3. The standard InChI is InChI=1S/C21H22N4O/c1-15-6-3-7-16(14-15)17-10-11-19(25-24-17)23-21(12-5-13-21)18-8-4-9-20(22-18)26-2/h3-4,6-11,14H,5,12-13H2,1-2H3,(H,23,25). The molecular weight excluding hydrogens is 324 g/mol. The SMILES string of the molecule is COc1cccc(C2(Nc3ccc(-c4cccc(C)c4)nn3)CCC2)n1. The maximum atomic E-state index is 5.28. The molecule has 0 amide bonds. The molecule has 0 atom stereocenters. The van der Waals surface area contributed by atoms with Crippen molar-refractivity contribution in [3.8, 4) is 17.1 Å².